The summed E-state index contributed by atoms with van der Waals surface area (Å²) in [5.74, 6) is -3.62. The molecule has 2 fully saturated rings. The molecule has 0 bridgehead atoms. The Bertz CT molecular complexity index is 659. The van der Waals surface area contributed by atoms with Crippen LogP contribution in [0.2, 0.25) is 0 Å². The number of rotatable bonds is 3. The first-order valence-electron chi connectivity index (χ1n) is 8.05. The number of nitrogens with zero attached hydrogens (tertiary/aromatic N) is 1. The smallest absolute Gasteiger partial charge is 0.319 e. The van der Waals surface area contributed by atoms with Gasteiger partial charge in [-0.15, -0.1) is 12.4 Å². The summed E-state index contributed by atoms with van der Waals surface area (Å²) in [4.78, 5) is 25.7. The molecule has 6 nitrogen and oxygen atoms in total. The van der Waals surface area contributed by atoms with Gasteiger partial charge in [0.2, 0.25) is 5.91 Å². The zero-order chi connectivity index (χ0) is 18.0. The van der Waals surface area contributed by atoms with E-state index in [2.05, 4.69) is 16.0 Å². The molecule has 3 rings (SSSR count). The lowest BCUT2D eigenvalue weighted by molar-refractivity contribution is -0.132. The lowest BCUT2D eigenvalue weighted by atomic mass is 10.2. The molecule has 144 valence electrons. The third-order valence-corrected chi connectivity index (χ3v) is 4.35. The summed E-state index contributed by atoms with van der Waals surface area (Å²) in [6, 6.07) is 3.74. The summed E-state index contributed by atoms with van der Waals surface area (Å²) in [5, 5.41) is 7.85. The van der Waals surface area contributed by atoms with Gasteiger partial charge >= 0.3 is 6.03 Å². The Kier molecular flexibility index (Phi) is 6.35. The Hall–Kier alpha value is -2.00. The molecule has 3 amide bonds. The van der Waals surface area contributed by atoms with Crippen LogP contribution in [-0.4, -0.2) is 54.5 Å². The topological polar surface area (TPSA) is 73.5 Å². The standard InChI is InChI=1S/C16H19F3N4O2.ClH/c17-10-1-3-11(4-2-10)21-15(25)22-12-5-6-23(8-12)14(24)13-7-16(18,19)9-20-13;/h1-4,12-13,20H,5-9H2,(H2,21,22,25);1H. The van der Waals surface area contributed by atoms with Gasteiger partial charge in [-0.3, -0.25) is 10.1 Å². The van der Waals surface area contributed by atoms with Crippen LogP contribution in [0.4, 0.5) is 23.7 Å². The van der Waals surface area contributed by atoms with Crippen LogP contribution in [-0.2, 0) is 4.79 Å². The second-order valence-electron chi connectivity index (χ2n) is 6.37. The van der Waals surface area contributed by atoms with Crippen molar-refractivity contribution in [3.8, 4) is 0 Å². The highest BCUT2D eigenvalue weighted by Crippen LogP contribution is 2.26. The van der Waals surface area contributed by atoms with Crippen LogP contribution in [0.5, 0.6) is 0 Å². The highest BCUT2D eigenvalue weighted by atomic mass is 35.5. The Balaban J connectivity index is 0.00000243. The predicted molar refractivity (Wildman–Crippen MR) is 92.1 cm³/mol. The molecule has 2 saturated heterocycles. The lowest BCUT2D eigenvalue weighted by Gasteiger charge is -2.21. The van der Waals surface area contributed by atoms with E-state index in [1.165, 1.54) is 29.2 Å². The SMILES string of the molecule is Cl.O=C(Nc1ccc(F)cc1)NC1CCN(C(=O)C2CC(F)(F)CN2)C1. The molecule has 0 aliphatic carbocycles. The lowest BCUT2D eigenvalue weighted by Crippen LogP contribution is -2.45. The van der Waals surface area contributed by atoms with Crippen LogP contribution in [0.15, 0.2) is 24.3 Å². The summed E-state index contributed by atoms with van der Waals surface area (Å²) >= 11 is 0. The minimum Gasteiger partial charge on any atom is -0.339 e. The highest BCUT2D eigenvalue weighted by molar-refractivity contribution is 5.89. The Morgan fingerprint density at radius 3 is 2.54 bits per heavy atom. The van der Waals surface area contributed by atoms with Crippen LogP contribution in [0.25, 0.3) is 0 Å². The number of benzene rings is 1. The summed E-state index contributed by atoms with van der Waals surface area (Å²) in [6.45, 7) is 0.197. The molecular weight excluding hydrogens is 373 g/mol. The minimum atomic E-state index is -2.85. The Morgan fingerprint density at radius 1 is 1.23 bits per heavy atom. The molecule has 3 N–H and O–H groups in total. The molecule has 0 aromatic heterocycles. The van der Waals surface area contributed by atoms with Gasteiger partial charge in [0.1, 0.15) is 5.82 Å². The zero-order valence-electron chi connectivity index (χ0n) is 13.8. The number of carbonyl (C=O) groups excluding carboxylic acids is 2. The van der Waals surface area contributed by atoms with E-state index in [4.69, 9.17) is 0 Å². The third-order valence-electron chi connectivity index (χ3n) is 4.35. The van der Waals surface area contributed by atoms with E-state index < -0.39 is 36.8 Å². The fourth-order valence-electron chi connectivity index (χ4n) is 3.07. The molecule has 1 aromatic rings. The number of hydrogen-bond donors (Lipinski definition) is 3. The maximum atomic E-state index is 13.2. The number of carbonyl (C=O) groups is 2. The van der Waals surface area contributed by atoms with Crippen LogP contribution < -0.4 is 16.0 Å². The molecule has 2 heterocycles. The molecule has 2 unspecified atom stereocenters. The molecule has 0 spiro atoms. The molecule has 2 atom stereocenters. The number of halogens is 4. The van der Waals surface area contributed by atoms with Gasteiger partial charge in [-0.05, 0) is 30.7 Å². The van der Waals surface area contributed by atoms with Crippen LogP contribution in [0.3, 0.4) is 0 Å². The third kappa shape index (κ3) is 5.01. The van der Waals surface area contributed by atoms with E-state index in [1.54, 1.807) is 0 Å². The van der Waals surface area contributed by atoms with Crippen molar-refractivity contribution in [2.45, 2.75) is 30.8 Å². The summed E-state index contributed by atoms with van der Waals surface area (Å²) < 4.78 is 39.2. The van der Waals surface area contributed by atoms with Crippen molar-refractivity contribution in [1.82, 2.24) is 15.5 Å². The normalized spacial score (nSPS) is 24.0. The average Bonchev–Trinajstić information content (AvgIpc) is 3.15. The first kappa shape index (κ1) is 20.3. The first-order valence-corrected chi connectivity index (χ1v) is 8.05. The summed E-state index contributed by atoms with van der Waals surface area (Å²) in [5.41, 5.74) is 0.446. The van der Waals surface area contributed by atoms with Gasteiger partial charge in [0.15, 0.2) is 0 Å². The van der Waals surface area contributed by atoms with Gasteiger partial charge in [0.05, 0.1) is 12.6 Å². The van der Waals surface area contributed by atoms with Gasteiger partial charge in [-0.1, -0.05) is 0 Å². The monoisotopic (exact) mass is 392 g/mol. The maximum Gasteiger partial charge on any atom is 0.319 e. The summed E-state index contributed by atoms with van der Waals surface area (Å²) in [6.07, 6.45) is 0.0528. The molecule has 2 aliphatic rings. The van der Waals surface area contributed by atoms with Crippen LogP contribution >= 0.6 is 12.4 Å². The number of hydrogen-bond acceptors (Lipinski definition) is 3. The van der Waals surface area contributed by atoms with Crippen molar-refractivity contribution < 1.29 is 22.8 Å². The minimum absolute atomic E-state index is 0. The number of alkyl halides is 2. The molecule has 0 saturated carbocycles. The van der Waals surface area contributed by atoms with Gasteiger partial charge in [-0.2, -0.15) is 0 Å². The number of likely N-dealkylation sites (tertiary alicyclic amines) is 1. The fourth-order valence-corrected chi connectivity index (χ4v) is 3.07. The maximum absolute atomic E-state index is 13.2. The second-order valence-corrected chi connectivity index (χ2v) is 6.37. The van der Waals surface area contributed by atoms with E-state index in [9.17, 15) is 22.8 Å². The van der Waals surface area contributed by atoms with Gasteiger partial charge in [0, 0.05) is 31.2 Å². The van der Waals surface area contributed by atoms with Crippen molar-refractivity contribution in [3.05, 3.63) is 30.1 Å². The van der Waals surface area contributed by atoms with E-state index in [0.29, 0.717) is 18.7 Å². The Morgan fingerprint density at radius 2 is 1.92 bits per heavy atom. The van der Waals surface area contributed by atoms with Gasteiger partial charge in [0.25, 0.3) is 5.92 Å². The van der Waals surface area contributed by atoms with E-state index in [0.717, 1.165) is 0 Å². The number of nitrogens with one attached hydrogen (secondary N) is 3. The number of urea groups is 1. The molecule has 0 radical (unpaired) electrons. The quantitative estimate of drug-likeness (QED) is 0.736. The molecule has 10 heteroatoms. The molecular formula is C16H20ClF3N4O2. The predicted octanol–water partition coefficient (Wildman–Crippen LogP) is 1.97. The molecule has 26 heavy (non-hydrogen) atoms. The van der Waals surface area contributed by atoms with E-state index in [1.807, 2.05) is 0 Å². The van der Waals surface area contributed by atoms with Gasteiger partial charge in [-0.25, -0.2) is 18.0 Å². The van der Waals surface area contributed by atoms with Crippen molar-refractivity contribution in [2.75, 3.05) is 25.0 Å². The number of anilines is 1. The van der Waals surface area contributed by atoms with Crippen molar-refractivity contribution >= 4 is 30.0 Å². The Labute approximate surface area is 154 Å². The molecule has 1 aromatic carbocycles. The first-order chi connectivity index (χ1) is 11.8. The van der Waals surface area contributed by atoms with Crippen LogP contribution in [0, 0.1) is 5.82 Å². The fraction of sp³-hybridized carbons (Fsp3) is 0.500. The zero-order valence-corrected chi connectivity index (χ0v) is 14.6. The van der Waals surface area contributed by atoms with E-state index in [-0.39, 0.29) is 30.9 Å². The van der Waals surface area contributed by atoms with Crippen molar-refractivity contribution in [3.63, 3.8) is 0 Å². The van der Waals surface area contributed by atoms with Gasteiger partial charge < -0.3 is 15.5 Å². The molecule has 2 aliphatic heterocycles. The summed E-state index contributed by atoms with van der Waals surface area (Å²) in [7, 11) is 0. The van der Waals surface area contributed by atoms with Crippen molar-refractivity contribution in [2.24, 2.45) is 0 Å². The van der Waals surface area contributed by atoms with Crippen molar-refractivity contribution in [1.29, 1.82) is 0 Å². The largest absolute Gasteiger partial charge is 0.339 e. The number of amides is 3. The van der Waals surface area contributed by atoms with Crippen LogP contribution in [0.1, 0.15) is 12.8 Å². The average molecular weight is 393 g/mol. The van der Waals surface area contributed by atoms with E-state index >= 15 is 0 Å². The second kappa shape index (κ2) is 8.13. The highest BCUT2D eigenvalue weighted by Gasteiger charge is 2.44.